The summed E-state index contributed by atoms with van der Waals surface area (Å²) in [4.78, 5) is 23.9. The molecular formula is C21H19F2N3O4. The van der Waals surface area contributed by atoms with Gasteiger partial charge >= 0.3 is 6.61 Å². The van der Waals surface area contributed by atoms with Crippen LogP contribution in [0.2, 0.25) is 0 Å². The van der Waals surface area contributed by atoms with Crippen LogP contribution in [0.25, 0.3) is 11.3 Å². The Labute approximate surface area is 171 Å². The molecule has 0 aliphatic carbocycles. The van der Waals surface area contributed by atoms with Crippen molar-refractivity contribution in [2.45, 2.75) is 26.0 Å². The van der Waals surface area contributed by atoms with Crippen molar-refractivity contribution in [3.05, 3.63) is 66.2 Å². The lowest BCUT2D eigenvalue weighted by Gasteiger charge is -2.17. The third-order valence-corrected chi connectivity index (χ3v) is 4.12. The fraction of sp³-hybridized carbons (Fsp3) is 0.190. The second-order valence-corrected chi connectivity index (χ2v) is 6.40. The minimum Gasteiger partial charge on any atom is -0.435 e. The van der Waals surface area contributed by atoms with Gasteiger partial charge in [-0.05, 0) is 29.8 Å². The molecule has 0 bridgehead atoms. The summed E-state index contributed by atoms with van der Waals surface area (Å²) < 4.78 is 33.9. The molecule has 0 spiro atoms. The molecule has 0 unspecified atom stereocenters. The van der Waals surface area contributed by atoms with E-state index in [1.807, 2.05) is 30.3 Å². The molecule has 0 fully saturated rings. The van der Waals surface area contributed by atoms with Gasteiger partial charge in [0.15, 0.2) is 0 Å². The summed E-state index contributed by atoms with van der Waals surface area (Å²) in [7, 11) is 0. The number of benzene rings is 2. The number of hydrogen-bond acceptors (Lipinski definition) is 5. The smallest absolute Gasteiger partial charge is 0.387 e. The van der Waals surface area contributed by atoms with Crippen LogP contribution in [-0.4, -0.2) is 23.6 Å². The average molecular weight is 415 g/mol. The molecule has 30 heavy (non-hydrogen) atoms. The van der Waals surface area contributed by atoms with Gasteiger partial charge in [-0.3, -0.25) is 14.9 Å². The Bertz CT molecular complexity index is 991. The number of rotatable bonds is 8. The van der Waals surface area contributed by atoms with Gasteiger partial charge in [0.2, 0.25) is 17.7 Å². The first kappa shape index (κ1) is 21.0. The Morgan fingerprint density at radius 2 is 1.80 bits per heavy atom. The lowest BCUT2D eigenvalue weighted by Crippen LogP contribution is -2.29. The third kappa shape index (κ3) is 5.87. The van der Waals surface area contributed by atoms with Crippen LogP contribution in [0.4, 0.5) is 14.7 Å². The van der Waals surface area contributed by atoms with E-state index in [0.29, 0.717) is 11.3 Å². The number of halogens is 2. The van der Waals surface area contributed by atoms with Gasteiger partial charge in [-0.15, -0.1) is 0 Å². The molecule has 0 aliphatic rings. The maximum Gasteiger partial charge on any atom is 0.387 e. The van der Waals surface area contributed by atoms with E-state index in [0.717, 1.165) is 5.56 Å². The van der Waals surface area contributed by atoms with E-state index in [4.69, 9.17) is 4.52 Å². The molecule has 0 radical (unpaired) electrons. The number of nitrogens with zero attached hydrogens (tertiary/aromatic N) is 1. The average Bonchev–Trinajstić information content (AvgIpc) is 3.16. The van der Waals surface area contributed by atoms with Crippen LogP contribution in [0, 0.1) is 0 Å². The molecule has 0 saturated carbocycles. The van der Waals surface area contributed by atoms with Gasteiger partial charge in [0.1, 0.15) is 11.4 Å². The van der Waals surface area contributed by atoms with Gasteiger partial charge in [-0.2, -0.15) is 8.78 Å². The van der Waals surface area contributed by atoms with Crippen molar-refractivity contribution in [1.82, 2.24) is 10.5 Å². The van der Waals surface area contributed by atoms with Gasteiger partial charge in [-0.25, -0.2) is 0 Å². The number of aromatic nitrogens is 1. The van der Waals surface area contributed by atoms with E-state index in [1.54, 1.807) is 12.1 Å². The summed E-state index contributed by atoms with van der Waals surface area (Å²) in [5.41, 5.74) is 1.81. The quantitative estimate of drug-likeness (QED) is 0.577. The van der Waals surface area contributed by atoms with Crippen LogP contribution in [0.5, 0.6) is 5.75 Å². The number of carbonyl (C=O) groups excluding carboxylic acids is 2. The highest BCUT2D eigenvalue weighted by atomic mass is 19.3. The molecule has 156 valence electrons. The summed E-state index contributed by atoms with van der Waals surface area (Å²) in [6, 6.07) is 16.0. The molecule has 2 aromatic carbocycles. The maximum absolute atomic E-state index is 12.4. The Morgan fingerprint density at radius 1 is 1.10 bits per heavy atom. The molecule has 0 aliphatic heterocycles. The minimum absolute atomic E-state index is 0.000704. The first-order chi connectivity index (χ1) is 14.4. The zero-order valence-electron chi connectivity index (χ0n) is 16.0. The Hall–Kier alpha value is -3.75. The minimum atomic E-state index is -2.90. The number of carbonyl (C=O) groups is 2. The van der Waals surface area contributed by atoms with Gasteiger partial charge in [-0.1, -0.05) is 35.5 Å². The highest BCUT2D eigenvalue weighted by Crippen LogP contribution is 2.25. The molecule has 0 saturated heterocycles. The number of ether oxygens (including phenoxy) is 1. The fourth-order valence-electron chi connectivity index (χ4n) is 2.83. The third-order valence-electron chi connectivity index (χ3n) is 4.12. The monoisotopic (exact) mass is 415 g/mol. The first-order valence-electron chi connectivity index (χ1n) is 9.04. The first-order valence-corrected chi connectivity index (χ1v) is 9.04. The second kappa shape index (κ2) is 9.64. The second-order valence-electron chi connectivity index (χ2n) is 6.40. The molecule has 7 nitrogen and oxygen atoms in total. The van der Waals surface area contributed by atoms with E-state index in [-0.39, 0.29) is 29.9 Å². The van der Waals surface area contributed by atoms with Crippen LogP contribution < -0.4 is 15.4 Å². The lowest BCUT2D eigenvalue weighted by molar-refractivity contribution is -0.120. The zero-order chi connectivity index (χ0) is 21.5. The van der Waals surface area contributed by atoms with Crippen molar-refractivity contribution in [2.75, 3.05) is 5.32 Å². The predicted molar refractivity (Wildman–Crippen MR) is 105 cm³/mol. The van der Waals surface area contributed by atoms with Crippen LogP contribution in [0.15, 0.2) is 65.2 Å². The maximum atomic E-state index is 12.4. The van der Waals surface area contributed by atoms with Gasteiger partial charge in [0.25, 0.3) is 0 Å². The zero-order valence-corrected chi connectivity index (χ0v) is 16.0. The predicted octanol–water partition coefficient (Wildman–Crippen LogP) is 4.15. The Balaban J connectivity index is 1.64. The molecule has 1 heterocycles. The van der Waals surface area contributed by atoms with Crippen LogP contribution in [0.1, 0.15) is 24.9 Å². The van der Waals surface area contributed by atoms with E-state index < -0.39 is 12.7 Å². The number of hydrogen-bond donors (Lipinski definition) is 2. The molecule has 3 aromatic rings. The molecule has 9 heteroatoms. The Morgan fingerprint density at radius 3 is 2.43 bits per heavy atom. The van der Waals surface area contributed by atoms with Crippen LogP contribution in [0.3, 0.4) is 0 Å². The topological polar surface area (TPSA) is 93.5 Å². The van der Waals surface area contributed by atoms with Gasteiger partial charge < -0.3 is 14.6 Å². The lowest BCUT2D eigenvalue weighted by atomic mass is 10.0. The number of amides is 2. The van der Waals surface area contributed by atoms with Crippen molar-refractivity contribution in [3.63, 3.8) is 0 Å². The number of nitrogens with one attached hydrogen (secondary N) is 2. The summed E-state index contributed by atoms with van der Waals surface area (Å²) >= 11 is 0. The van der Waals surface area contributed by atoms with Crippen molar-refractivity contribution >= 4 is 17.7 Å². The molecule has 2 amide bonds. The van der Waals surface area contributed by atoms with Crippen LogP contribution >= 0.6 is 0 Å². The van der Waals surface area contributed by atoms with E-state index >= 15 is 0 Å². The van der Waals surface area contributed by atoms with Crippen molar-refractivity contribution in [1.29, 1.82) is 0 Å². The summed E-state index contributed by atoms with van der Waals surface area (Å²) in [6.45, 7) is -1.52. The van der Waals surface area contributed by atoms with E-state index in [1.165, 1.54) is 25.1 Å². The molecule has 2 N–H and O–H groups in total. The van der Waals surface area contributed by atoms with Gasteiger partial charge in [0, 0.05) is 18.6 Å². The van der Waals surface area contributed by atoms with Crippen molar-refractivity contribution in [2.24, 2.45) is 0 Å². The van der Waals surface area contributed by atoms with Crippen LogP contribution in [-0.2, 0) is 9.59 Å². The Kier molecular flexibility index (Phi) is 6.74. The van der Waals surface area contributed by atoms with Crippen molar-refractivity contribution < 1.29 is 27.6 Å². The highest BCUT2D eigenvalue weighted by molar-refractivity contribution is 5.90. The highest BCUT2D eigenvalue weighted by Gasteiger charge is 2.18. The number of anilines is 1. The fourth-order valence-corrected chi connectivity index (χ4v) is 2.83. The SMILES string of the molecule is CC(=O)N[C@@H](CC(=O)Nc1cc(-c2ccc(OC(F)F)cc2)no1)c1ccccc1. The molecule has 1 atom stereocenters. The molecule has 3 rings (SSSR count). The van der Waals surface area contributed by atoms with E-state index in [2.05, 4.69) is 20.5 Å². The molecule has 1 aromatic heterocycles. The normalized spacial score (nSPS) is 11.7. The van der Waals surface area contributed by atoms with Crippen molar-refractivity contribution in [3.8, 4) is 17.0 Å². The summed E-state index contributed by atoms with van der Waals surface area (Å²) in [6.07, 6.45) is -0.000704. The molecular weight excluding hydrogens is 396 g/mol. The number of alkyl halides is 2. The summed E-state index contributed by atoms with van der Waals surface area (Å²) in [5.74, 6) is -0.480. The standard InChI is InChI=1S/C21H19F2N3O4/c1-13(27)24-17(14-5-3-2-4-6-14)11-19(28)25-20-12-18(26-30-20)15-7-9-16(10-8-15)29-21(22)23/h2-10,12,17,21H,11H2,1H3,(H,24,27)(H,25,28)/t17-/m0/s1. The van der Waals surface area contributed by atoms with E-state index in [9.17, 15) is 18.4 Å². The van der Waals surface area contributed by atoms with Gasteiger partial charge in [0.05, 0.1) is 12.5 Å². The largest absolute Gasteiger partial charge is 0.435 e. The summed E-state index contributed by atoms with van der Waals surface area (Å²) in [5, 5.41) is 9.22.